The first-order chi connectivity index (χ1) is 8.07. The molecule has 2 rings (SSSR count). The van der Waals surface area contributed by atoms with E-state index in [0.717, 1.165) is 16.6 Å². The van der Waals surface area contributed by atoms with Crippen molar-refractivity contribution >= 4 is 31.1 Å². The average Bonchev–Trinajstić information content (AvgIpc) is 2.55. The lowest BCUT2D eigenvalue weighted by Gasteiger charge is -2.26. The smallest absolute Gasteiger partial charge is 0.351 e. The molecule has 0 spiro atoms. The number of rotatable bonds is 2. The Hall–Kier alpha value is -0.200. The van der Waals surface area contributed by atoms with Gasteiger partial charge in [-0.3, -0.25) is 9.13 Å². The molecule has 0 radical (unpaired) electrons. The molecule has 0 aromatic rings. The Balaban J connectivity index is 2.67. The van der Waals surface area contributed by atoms with E-state index in [1.54, 1.807) is 6.08 Å². The van der Waals surface area contributed by atoms with Crippen molar-refractivity contribution in [3.63, 3.8) is 0 Å². The molecule has 2 aliphatic rings. The van der Waals surface area contributed by atoms with Gasteiger partial charge >= 0.3 is 15.2 Å². The molecular weight excluding hydrogens is 348 g/mol. The van der Waals surface area contributed by atoms with E-state index in [4.69, 9.17) is 0 Å². The molecule has 5 N–H and O–H groups in total. The molecule has 10 heteroatoms. The number of hydrogen-bond acceptors (Lipinski definition) is 3. The maximum absolute atomic E-state index is 11.5. The fourth-order valence-corrected chi connectivity index (χ4v) is 4.78. The van der Waals surface area contributed by atoms with E-state index in [9.17, 15) is 28.7 Å². The summed E-state index contributed by atoms with van der Waals surface area (Å²) in [6, 6.07) is 0. The van der Waals surface area contributed by atoms with Crippen LogP contribution >= 0.6 is 31.1 Å². The highest BCUT2D eigenvalue weighted by Gasteiger charge is 2.59. The van der Waals surface area contributed by atoms with E-state index in [-0.39, 0.29) is 0 Å². The standard InChI is InChI=1S/C8H10BrNO6P2/c9-6-1-5-2-8(17(11,12)13,18(14,15)16)3-7(5)10-4-6/h1-3,10H,4H2,(H2,11,12,13)(H2,14,15,16). The summed E-state index contributed by atoms with van der Waals surface area (Å²) in [6.45, 7) is 0.390. The van der Waals surface area contributed by atoms with Crippen molar-refractivity contribution in [2.24, 2.45) is 0 Å². The highest BCUT2D eigenvalue weighted by atomic mass is 79.9. The molecule has 0 aromatic heterocycles. The van der Waals surface area contributed by atoms with Crippen LogP contribution in [0, 0.1) is 0 Å². The Morgan fingerprint density at radius 2 is 1.72 bits per heavy atom. The minimum Gasteiger partial charge on any atom is -0.380 e. The normalized spacial score (nSPS) is 22.6. The van der Waals surface area contributed by atoms with Crippen LogP contribution in [0.3, 0.4) is 0 Å². The second-order valence-electron chi connectivity index (χ2n) is 3.97. The molecule has 18 heavy (non-hydrogen) atoms. The van der Waals surface area contributed by atoms with Gasteiger partial charge in [0.05, 0.1) is 0 Å². The first-order valence-corrected chi connectivity index (χ1v) is 8.76. The molecule has 0 fully saturated rings. The van der Waals surface area contributed by atoms with Crippen LogP contribution < -0.4 is 5.32 Å². The van der Waals surface area contributed by atoms with Crippen LogP contribution in [0.15, 0.2) is 34.0 Å². The molecule has 1 heterocycles. The minimum atomic E-state index is -5.06. The summed E-state index contributed by atoms with van der Waals surface area (Å²) in [5, 5.41) is 2.82. The summed E-state index contributed by atoms with van der Waals surface area (Å²) in [5.41, 5.74) is 0.657. The lowest BCUT2D eigenvalue weighted by atomic mass is 10.2. The molecule has 100 valence electrons. The Morgan fingerprint density at radius 3 is 2.22 bits per heavy atom. The predicted molar refractivity (Wildman–Crippen MR) is 68.0 cm³/mol. The fourth-order valence-electron chi connectivity index (χ4n) is 1.82. The van der Waals surface area contributed by atoms with Crippen molar-refractivity contribution in [1.29, 1.82) is 0 Å². The SMILES string of the molecule is O=P(O)(O)C1(P(=O)(O)O)C=C2C=C(Br)CNC2=C1. The third-order valence-corrected chi connectivity index (χ3v) is 7.18. The Kier molecular flexibility index (Phi) is 3.28. The van der Waals surface area contributed by atoms with Crippen molar-refractivity contribution in [2.75, 3.05) is 6.54 Å². The molecule has 0 amide bonds. The van der Waals surface area contributed by atoms with Crippen molar-refractivity contribution in [1.82, 2.24) is 5.32 Å². The van der Waals surface area contributed by atoms with Gasteiger partial charge in [-0.15, -0.1) is 0 Å². The highest BCUT2D eigenvalue weighted by Crippen LogP contribution is 2.72. The van der Waals surface area contributed by atoms with Crippen LogP contribution in [0.2, 0.25) is 0 Å². The Bertz CT molecular complexity index is 560. The summed E-state index contributed by atoms with van der Waals surface area (Å²) < 4.78 is 23.7. The summed E-state index contributed by atoms with van der Waals surface area (Å²) >= 11 is 3.21. The van der Waals surface area contributed by atoms with Crippen LogP contribution in [0.25, 0.3) is 0 Å². The summed E-state index contributed by atoms with van der Waals surface area (Å²) in [4.78, 5) is 34.6. The second-order valence-corrected chi connectivity index (χ2v) is 9.00. The zero-order valence-electron chi connectivity index (χ0n) is 8.82. The molecule has 0 aromatic carbocycles. The fraction of sp³-hybridized carbons (Fsp3) is 0.250. The quantitative estimate of drug-likeness (QED) is 0.461. The lowest BCUT2D eigenvalue weighted by Crippen LogP contribution is -2.23. The summed E-state index contributed by atoms with van der Waals surface area (Å²) in [5.74, 6) is 0. The van der Waals surface area contributed by atoms with E-state index >= 15 is 0 Å². The van der Waals surface area contributed by atoms with E-state index in [0.29, 0.717) is 17.8 Å². The van der Waals surface area contributed by atoms with Crippen LogP contribution in [0.4, 0.5) is 0 Å². The third-order valence-electron chi connectivity index (χ3n) is 2.73. The number of fused-ring (bicyclic) bond motifs is 1. The van der Waals surface area contributed by atoms with E-state index < -0.39 is 20.1 Å². The first-order valence-electron chi connectivity index (χ1n) is 4.74. The van der Waals surface area contributed by atoms with Gasteiger partial charge in [-0.2, -0.15) is 0 Å². The molecular formula is C8H10BrNO6P2. The van der Waals surface area contributed by atoms with Gasteiger partial charge in [-0.25, -0.2) is 0 Å². The number of nitrogens with one attached hydrogen (secondary N) is 1. The van der Waals surface area contributed by atoms with Crippen molar-refractivity contribution < 1.29 is 28.7 Å². The van der Waals surface area contributed by atoms with Gasteiger partial charge in [-0.1, -0.05) is 15.9 Å². The van der Waals surface area contributed by atoms with E-state index in [1.165, 1.54) is 0 Å². The molecule has 7 nitrogen and oxygen atoms in total. The topological polar surface area (TPSA) is 127 Å². The van der Waals surface area contributed by atoms with Crippen LogP contribution in [0.5, 0.6) is 0 Å². The second kappa shape index (κ2) is 4.15. The maximum atomic E-state index is 11.5. The minimum absolute atomic E-state index is 0.310. The Morgan fingerprint density at radius 1 is 1.17 bits per heavy atom. The predicted octanol–water partition coefficient (Wildman–Crippen LogP) is 0.744. The van der Waals surface area contributed by atoms with Crippen LogP contribution in [0.1, 0.15) is 0 Å². The average molecular weight is 358 g/mol. The molecule has 0 unspecified atom stereocenters. The van der Waals surface area contributed by atoms with Crippen LogP contribution in [-0.4, -0.2) is 31.0 Å². The van der Waals surface area contributed by atoms with Gasteiger partial charge in [-0.05, 0) is 23.8 Å². The lowest BCUT2D eigenvalue weighted by molar-refractivity contribution is 0.333. The summed E-state index contributed by atoms with van der Waals surface area (Å²) in [7, 11) is -10.1. The third kappa shape index (κ3) is 2.08. The van der Waals surface area contributed by atoms with Crippen molar-refractivity contribution in [2.45, 2.75) is 4.90 Å². The van der Waals surface area contributed by atoms with Gasteiger partial charge in [0.1, 0.15) is 0 Å². The molecule has 0 bridgehead atoms. The van der Waals surface area contributed by atoms with Crippen molar-refractivity contribution in [3.8, 4) is 0 Å². The maximum Gasteiger partial charge on any atom is 0.351 e. The first kappa shape index (κ1) is 14.2. The summed E-state index contributed by atoms with van der Waals surface area (Å²) in [6.07, 6.45) is 3.41. The molecule has 0 atom stereocenters. The van der Waals surface area contributed by atoms with Crippen LogP contribution in [-0.2, 0) is 9.13 Å². The van der Waals surface area contributed by atoms with E-state index in [1.807, 2.05) is 0 Å². The zero-order valence-corrected chi connectivity index (χ0v) is 12.2. The number of halogens is 1. The molecule has 1 aliphatic carbocycles. The van der Waals surface area contributed by atoms with Gasteiger partial charge in [0.2, 0.25) is 4.90 Å². The van der Waals surface area contributed by atoms with Gasteiger partial charge in [0, 0.05) is 16.7 Å². The molecule has 0 saturated carbocycles. The van der Waals surface area contributed by atoms with Gasteiger partial charge in [0.25, 0.3) is 0 Å². The number of hydrogen-bond donors (Lipinski definition) is 5. The Labute approximate surface area is 111 Å². The monoisotopic (exact) mass is 357 g/mol. The largest absolute Gasteiger partial charge is 0.380 e. The van der Waals surface area contributed by atoms with E-state index in [2.05, 4.69) is 21.2 Å². The van der Waals surface area contributed by atoms with Crippen molar-refractivity contribution in [3.05, 3.63) is 34.0 Å². The van der Waals surface area contributed by atoms with Gasteiger partial charge < -0.3 is 24.9 Å². The van der Waals surface area contributed by atoms with Gasteiger partial charge in [0.15, 0.2) is 0 Å². The molecule has 0 saturated heterocycles. The number of allylic oxidation sites excluding steroid dienone is 3. The zero-order chi connectivity index (χ0) is 13.8. The molecule has 1 aliphatic heterocycles. The highest BCUT2D eigenvalue weighted by molar-refractivity contribution is 9.11.